The van der Waals surface area contributed by atoms with Gasteiger partial charge in [0, 0.05) is 48.5 Å². The van der Waals surface area contributed by atoms with Gasteiger partial charge in [0.05, 0.1) is 23.0 Å². The van der Waals surface area contributed by atoms with Crippen LogP contribution in [0.5, 0.6) is 0 Å². The molecule has 0 spiro atoms. The molecule has 1 aromatic carbocycles. The average molecular weight is 562 g/mol. The second-order valence-electron chi connectivity index (χ2n) is 9.51. The number of rotatable bonds is 8. The summed E-state index contributed by atoms with van der Waals surface area (Å²) in [6.07, 6.45) is 10.0. The van der Waals surface area contributed by atoms with Crippen molar-refractivity contribution in [3.8, 4) is 0 Å². The molecule has 2 aliphatic heterocycles. The molecule has 0 radical (unpaired) electrons. The van der Waals surface area contributed by atoms with Crippen molar-refractivity contribution in [1.29, 1.82) is 0 Å². The molecule has 0 N–H and O–H groups in total. The molecular weight excluding hydrogens is 531 g/mol. The summed E-state index contributed by atoms with van der Waals surface area (Å²) in [4.78, 5) is 25.4. The summed E-state index contributed by atoms with van der Waals surface area (Å²) in [7, 11) is -3.38. The zero-order chi connectivity index (χ0) is 25.8. The summed E-state index contributed by atoms with van der Waals surface area (Å²) in [5.41, 5.74) is 0.740. The molecule has 0 bridgehead atoms. The summed E-state index contributed by atoms with van der Waals surface area (Å²) in [5, 5.41) is 4.77. The quantitative estimate of drug-likeness (QED) is 0.372. The van der Waals surface area contributed by atoms with E-state index in [9.17, 15) is 13.2 Å². The van der Waals surface area contributed by atoms with E-state index in [1.54, 1.807) is 41.6 Å². The minimum atomic E-state index is -3.38. The van der Waals surface area contributed by atoms with Crippen LogP contribution in [0.4, 0.5) is 10.3 Å². The zero-order valence-corrected chi connectivity index (χ0v) is 23.1. The first-order valence-electron chi connectivity index (χ1n) is 12.6. The first-order valence-corrected chi connectivity index (χ1v) is 16.2. The molecule has 0 aliphatic carbocycles. The van der Waals surface area contributed by atoms with E-state index >= 15 is 0 Å². The van der Waals surface area contributed by atoms with Gasteiger partial charge in [-0.3, -0.25) is 4.79 Å². The van der Waals surface area contributed by atoms with Crippen molar-refractivity contribution in [1.82, 2.24) is 9.97 Å². The van der Waals surface area contributed by atoms with Crippen molar-refractivity contribution >= 4 is 48.7 Å². The van der Waals surface area contributed by atoms with Gasteiger partial charge in [-0.25, -0.2) is 23.3 Å². The van der Waals surface area contributed by atoms with Crippen LogP contribution < -0.4 is 4.90 Å². The van der Waals surface area contributed by atoms with E-state index in [0.29, 0.717) is 23.5 Å². The number of carbonyl (C=O) groups excluding carboxylic acids is 1. The Bertz CT molecular complexity index is 1200. The second-order valence-corrected chi connectivity index (χ2v) is 13.3. The Hall–Kier alpha value is -2.18. The molecule has 198 valence electrons. The van der Waals surface area contributed by atoms with Gasteiger partial charge in [0.2, 0.25) is 5.91 Å². The van der Waals surface area contributed by atoms with Crippen LogP contribution in [-0.2, 0) is 24.1 Å². The molecular formula is C26H31N3O5S3. The van der Waals surface area contributed by atoms with Crippen molar-refractivity contribution in [2.75, 3.05) is 24.4 Å². The molecule has 2 aliphatic rings. The third kappa shape index (κ3) is 5.96. The summed E-state index contributed by atoms with van der Waals surface area (Å²) in [6.45, 7) is 1.31. The number of thiazole rings is 2. The molecule has 3 atom stereocenters. The first kappa shape index (κ1) is 26.4. The van der Waals surface area contributed by atoms with Crippen LogP contribution in [0.3, 0.4) is 0 Å². The van der Waals surface area contributed by atoms with Crippen LogP contribution in [0.2, 0.25) is 0 Å². The van der Waals surface area contributed by atoms with Crippen molar-refractivity contribution in [3.63, 3.8) is 0 Å². The Morgan fingerprint density at radius 1 is 0.919 bits per heavy atom. The molecule has 3 aromatic rings. The Labute approximate surface area is 225 Å². The lowest BCUT2D eigenvalue weighted by atomic mass is 9.74. The summed E-state index contributed by atoms with van der Waals surface area (Å²) >= 11 is 2.76. The lowest BCUT2D eigenvalue weighted by molar-refractivity contribution is -0.133. The number of sulfone groups is 1. The third-order valence-corrected chi connectivity index (χ3v) is 9.69. The largest absolute Gasteiger partial charge is 0.378 e. The number of benzene rings is 1. The highest BCUT2D eigenvalue weighted by molar-refractivity contribution is 7.90. The van der Waals surface area contributed by atoms with E-state index in [2.05, 4.69) is 9.97 Å². The Balaban J connectivity index is 1.63. The number of aromatic nitrogens is 2. The van der Waals surface area contributed by atoms with Crippen LogP contribution in [0.25, 0.3) is 0 Å². The fourth-order valence-electron chi connectivity index (χ4n) is 5.32. The fraction of sp³-hybridized carbons (Fsp3) is 0.500. The average Bonchev–Trinajstić information content (AvgIpc) is 3.63. The normalized spacial score (nSPS) is 22.3. The van der Waals surface area contributed by atoms with E-state index in [0.717, 1.165) is 44.1 Å². The standard InChI is InChI=1S/C26H31N3O5S3/c1-37(31,32)19-10-8-18(9-11-19)22(23(20-6-2-4-14-33-20)21-7-3-5-15-34-21)24(30)29(25-27-12-16-35-25)26-28-13-17-36-26/h8-13,16-17,20-23H,2-7,14-15H2,1H3. The van der Waals surface area contributed by atoms with Gasteiger partial charge in [-0.2, -0.15) is 0 Å². The Morgan fingerprint density at radius 3 is 1.86 bits per heavy atom. The van der Waals surface area contributed by atoms with Gasteiger partial charge in [-0.05, 0) is 56.2 Å². The van der Waals surface area contributed by atoms with E-state index in [1.807, 2.05) is 10.8 Å². The summed E-state index contributed by atoms with van der Waals surface area (Å²) < 4.78 is 37.0. The predicted octanol–water partition coefficient (Wildman–Crippen LogP) is 5.21. The van der Waals surface area contributed by atoms with Gasteiger partial charge in [-0.1, -0.05) is 12.1 Å². The minimum absolute atomic E-state index is 0.144. The maximum Gasteiger partial charge on any atom is 0.243 e. The number of ether oxygens (including phenoxy) is 2. The molecule has 2 fully saturated rings. The van der Waals surface area contributed by atoms with Gasteiger partial charge in [0.25, 0.3) is 0 Å². The Morgan fingerprint density at radius 2 is 1.46 bits per heavy atom. The van der Waals surface area contributed by atoms with Crippen molar-refractivity contribution < 1.29 is 22.7 Å². The van der Waals surface area contributed by atoms with Crippen LogP contribution in [0, 0.1) is 5.92 Å². The highest BCUT2D eigenvalue weighted by atomic mass is 32.2. The van der Waals surface area contributed by atoms with Gasteiger partial charge >= 0.3 is 0 Å². The SMILES string of the molecule is CS(=O)(=O)c1ccc(C(C(=O)N(c2nccs2)c2nccs2)C(C2CCCCO2)C2CCCCO2)cc1. The number of hydrogen-bond acceptors (Lipinski definition) is 9. The highest BCUT2D eigenvalue weighted by Crippen LogP contribution is 2.42. The summed E-state index contributed by atoms with van der Waals surface area (Å²) in [6, 6.07) is 6.70. The molecule has 37 heavy (non-hydrogen) atoms. The van der Waals surface area contributed by atoms with Crippen molar-refractivity contribution in [2.45, 2.75) is 61.5 Å². The number of carbonyl (C=O) groups is 1. The number of anilines is 2. The molecule has 8 nitrogen and oxygen atoms in total. The van der Waals surface area contributed by atoms with E-state index in [4.69, 9.17) is 9.47 Å². The van der Waals surface area contributed by atoms with Crippen molar-refractivity contribution in [3.05, 3.63) is 53.0 Å². The number of nitrogens with zero attached hydrogens (tertiary/aromatic N) is 3. The van der Waals surface area contributed by atoms with E-state index in [1.165, 1.54) is 28.9 Å². The molecule has 2 saturated heterocycles. The first-order chi connectivity index (χ1) is 17.9. The maximum atomic E-state index is 14.7. The Kier molecular flexibility index (Phi) is 8.35. The van der Waals surface area contributed by atoms with Gasteiger partial charge in [0.15, 0.2) is 20.1 Å². The highest BCUT2D eigenvalue weighted by Gasteiger charge is 2.45. The lowest BCUT2D eigenvalue weighted by Gasteiger charge is -2.42. The van der Waals surface area contributed by atoms with Crippen molar-refractivity contribution in [2.24, 2.45) is 5.92 Å². The molecule has 0 saturated carbocycles. The van der Waals surface area contributed by atoms with E-state index < -0.39 is 15.8 Å². The zero-order valence-electron chi connectivity index (χ0n) is 20.7. The van der Waals surface area contributed by atoms with E-state index in [-0.39, 0.29) is 28.9 Å². The van der Waals surface area contributed by atoms with Crippen LogP contribution in [-0.4, -0.2) is 56.0 Å². The topological polar surface area (TPSA) is 98.7 Å². The maximum absolute atomic E-state index is 14.7. The molecule has 5 rings (SSSR count). The van der Waals surface area contributed by atoms with Crippen LogP contribution in [0.1, 0.15) is 50.0 Å². The van der Waals surface area contributed by atoms with Crippen LogP contribution >= 0.6 is 22.7 Å². The third-order valence-electron chi connectivity index (χ3n) is 7.05. The molecule has 11 heteroatoms. The molecule has 4 heterocycles. The fourth-order valence-corrected chi connectivity index (χ4v) is 7.30. The van der Waals surface area contributed by atoms with Gasteiger partial charge in [-0.15, -0.1) is 22.7 Å². The van der Waals surface area contributed by atoms with Gasteiger partial charge in [0.1, 0.15) is 0 Å². The second kappa shape index (κ2) is 11.7. The van der Waals surface area contributed by atoms with Gasteiger partial charge < -0.3 is 9.47 Å². The number of hydrogen-bond donors (Lipinski definition) is 0. The minimum Gasteiger partial charge on any atom is -0.378 e. The van der Waals surface area contributed by atoms with Crippen LogP contribution in [0.15, 0.2) is 52.3 Å². The predicted molar refractivity (Wildman–Crippen MR) is 144 cm³/mol. The molecule has 2 aromatic heterocycles. The summed E-state index contributed by atoms with van der Waals surface area (Å²) in [5.74, 6) is -1.03. The molecule has 3 unspecified atom stereocenters. The smallest absolute Gasteiger partial charge is 0.243 e. The lowest BCUT2D eigenvalue weighted by Crippen LogP contribution is -2.47. The monoisotopic (exact) mass is 561 g/mol. The number of amides is 1. The molecule has 1 amide bonds.